The summed E-state index contributed by atoms with van der Waals surface area (Å²) in [6, 6.07) is 4.51. The van der Waals surface area contributed by atoms with Gasteiger partial charge >= 0.3 is 12.1 Å². The predicted molar refractivity (Wildman–Crippen MR) is 93.7 cm³/mol. The smallest absolute Gasteiger partial charge is 0.416 e. The van der Waals surface area contributed by atoms with Crippen LogP contribution in [0, 0.1) is 0 Å². The van der Waals surface area contributed by atoms with E-state index in [2.05, 4.69) is 23.6 Å². The number of ether oxygens (including phenoxy) is 1. The summed E-state index contributed by atoms with van der Waals surface area (Å²) >= 11 is 0. The molecule has 1 heterocycles. The Morgan fingerprint density at radius 2 is 1.85 bits per heavy atom. The van der Waals surface area contributed by atoms with E-state index in [1.807, 2.05) is 7.05 Å². The highest BCUT2D eigenvalue weighted by Crippen LogP contribution is 2.33. The lowest BCUT2D eigenvalue weighted by molar-refractivity contribution is -0.153. The summed E-state index contributed by atoms with van der Waals surface area (Å²) in [5.74, 6) is -0.414. The van der Waals surface area contributed by atoms with E-state index in [1.54, 1.807) is 6.92 Å². The molecule has 1 saturated heterocycles. The molecule has 0 saturated carbocycles. The van der Waals surface area contributed by atoms with Gasteiger partial charge in [0.2, 0.25) is 0 Å². The third kappa shape index (κ3) is 4.57. The number of likely N-dealkylation sites (N-methyl/N-ethyl adjacent to an activating group) is 1. The lowest BCUT2D eigenvalue weighted by Crippen LogP contribution is -2.57. The number of hydrogen-bond acceptors (Lipinski definition) is 4. The Morgan fingerprint density at radius 3 is 2.35 bits per heavy atom. The summed E-state index contributed by atoms with van der Waals surface area (Å²) in [7, 11) is 2.04. The van der Waals surface area contributed by atoms with Gasteiger partial charge in [-0.25, -0.2) is 4.79 Å². The first-order chi connectivity index (χ1) is 12.2. The van der Waals surface area contributed by atoms with Crippen LogP contribution in [0.15, 0.2) is 24.3 Å². The van der Waals surface area contributed by atoms with Gasteiger partial charge in [0.05, 0.1) is 12.2 Å². The Bertz CT molecular complexity index is 604. The molecule has 1 aliphatic rings. The maximum absolute atomic E-state index is 12.9. The Kier molecular flexibility index (Phi) is 6.69. The summed E-state index contributed by atoms with van der Waals surface area (Å²) in [4.78, 5) is 17.0. The van der Waals surface area contributed by atoms with Crippen molar-refractivity contribution in [3.8, 4) is 0 Å². The van der Waals surface area contributed by atoms with E-state index in [4.69, 9.17) is 4.74 Å². The molecule has 2 rings (SSSR count). The molecule has 4 nitrogen and oxygen atoms in total. The van der Waals surface area contributed by atoms with Gasteiger partial charge in [-0.15, -0.1) is 0 Å². The van der Waals surface area contributed by atoms with Gasteiger partial charge in [-0.3, -0.25) is 4.90 Å². The number of nitrogens with zero attached hydrogens (tertiary/aromatic N) is 2. The highest BCUT2D eigenvalue weighted by atomic mass is 19.4. The Hall–Kier alpha value is -1.60. The summed E-state index contributed by atoms with van der Waals surface area (Å²) in [6.07, 6.45) is -3.56. The third-order valence-corrected chi connectivity index (χ3v) is 5.06. The fourth-order valence-corrected chi connectivity index (χ4v) is 3.43. The monoisotopic (exact) mass is 372 g/mol. The summed E-state index contributed by atoms with van der Waals surface area (Å²) in [6.45, 7) is 7.54. The second-order valence-electron chi connectivity index (χ2n) is 6.82. The number of piperazine rings is 1. The molecule has 0 spiro atoms. The fourth-order valence-electron chi connectivity index (χ4n) is 3.43. The van der Waals surface area contributed by atoms with E-state index in [1.165, 1.54) is 12.1 Å². The molecule has 0 aromatic heterocycles. The van der Waals surface area contributed by atoms with Gasteiger partial charge in [0.25, 0.3) is 0 Å². The van der Waals surface area contributed by atoms with Crippen LogP contribution in [0.1, 0.15) is 44.4 Å². The maximum Gasteiger partial charge on any atom is 0.416 e. The number of carbonyl (C=O) groups is 1. The molecule has 1 aromatic rings. The molecule has 0 N–H and O–H groups in total. The Labute approximate surface area is 152 Å². The molecule has 0 amide bonds. The number of hydrogen-bond donors (Lipinski definition) is 0. The van der Waals surface area contributed by atoms with Crippen LogP contribution in [0.5, 0.6) is 0 Å². The van der Waals surface area contributed by atoms with Crippen molar-refractivity contribution < 1.29 is 22.7 Å². The van der Waals surface area contributed by atoms with Gasteiger partial charge in [-0.1, -0.05) is 19.1 Å². The number of esters is 1. The van der Waals surface area contributed by atoms with Crippen molar-refractivity contribution in [1.82, 2.24) is 9.80 Å². The SMILES string of the molecule is CCOC(=O)C(c1ccc(C(F)(F)F)cc1)N1C[C@H](C)N(C)C[C@H]1CC. The van der Waals surface area contributed by atoms with Gasteiger partial charge in [0.1, 0.15) is 6.04 Å². The Balaban J connectivity index is 2.38. The van der Waals surface area contributed by atoms with E-state index in [-0.39, 0.29) is 18.7 Å². The van der Waals surface area contributed by atoms with Crippen LogP contribution >= 0.6 is 0 Å². The quantitative estimate of drug-likeness (QED) is 0.738. The van der Waals surface area contributed by atoms with Crippen molar-refractivity contribution in [1.29, 1.82) is 0 Å². The third-order valence-electron chi connectivity index (χ3n) is 5.06. The highest BCUT2D eigenvalue weighted by molar-refractivity contribution is 5.77. The van der Waals surface area contributed by atoms with Crippen LogP contribution in [0.4, 0.5) is 13.2 Å². The normalized spacial score (nSPS) is 23.7. The van der Waals surface area contributed by atoms with Crippen LogP contribution in [0.25, 0.3) is 0 Å². The zero-order valence-electron chi connectivity index (χ0n) is 15.7. The van der Waals surface area contributed by atoms with E-state index in [9.17, 15) is 18.0 Å². The lowest BCUT2D eigenvalue weighted by atomic mass is 9.97. The van der Waals surface area contributed by atoms with Crippen molar-refractivity contribution in [2.45, 2.75) is 51.5 Å². The van der Waals surface area contributed by atoms with E-state index in [0.29, 0.717) is 12.1 Å². The van der Waals surface area contributed by atoms with Crippen molar-refractivity contribution >= 4 is 5.97 Å². The summed E-state index contributed by atoms with van der Waals surface area (Å²) < 4.78 is 43.8. The molecular formula is C19H27F3N2O2. The van der Waals surface area contributed by atoms with Crippen LogP contribution < -0.4 is 0 Å². The second-order valence-corrected chi connectivity index (χ2v) is 6.82. The topological polar surface area (TPSA) is 32.8 Å². The molecular weight excluding hydrogens is 345 g/mol. The van der Waals surface area contributed by atoms with E-state index < -0.39 is 23.8 Å². The number of rotatable bonds is 5. The van der Waals surface area contributed by atoms with Gasteiger partial charge < -0.3 is 9.64 Å². The maximum atomic E-state index is 12.9. The highest BCUT2D eigenvalue weighted by Gasteiger charge is 2.38. The van der Waals surface area contributed by atoms with Gasteiger partial charge in [-0.05, 0) is 45.0 Å². The molecule has 0 aliphatic carbocycles. The fraction of sp³-hybridized carbons (Fsp3) is 0.632. The number of benzene rings is 1. The number of halogens is 3. The van der Waals surface area contributed by atoms with Crippen LogP contribution in [-0.2, 0) is 15.7 Å². The van der Waals surface area contributed by atoms with Crippen LogP contribution in [0.2, 0.25) is 0 Å². The second kappa shape index (κ2) is 8.39. The first-order valence-corrected chi connectivity index (χ1v) is 8.98. The minimum atomic E-state index is -4.40. The van der Waals surface area contributed by atoms with Crippen molar-refractivity contribution in [2.24, 2.45) is 0 Å². The molecule has 1 fully saturated rings. The first kappa shape index (κ1) is 20.7. The minimum Gasteiger partial charge on any atom is -0.465 e. The first-order valence-electron chi connectivity index (χ1n) is 8.98. The molecule has 0 bridgehead atoms. The molecule has 0 radical (unpaired) electrons. The molecule has 1 aromatic carbocycles. The van der Waals surface area contributed by atoms with Gasteiger partial charge in [-0.2, -0.15) is 13.2 Å². The summed E-state index contributed by atoms with van der Waals surface area (Å²) in [5.41, 5.74) is -0.186. The van der Waals surface area contributed by atoms with Gasteiger partial charge in [0.15, 0.2) is 0 Å². The Morgan fingerprint density at radius 1 is 1.23 bits per heavy atom. The average Bonchev–Trinajstić information content (AvgIpc) is 2.58. The van der Waals surface area contributed by atoms with Crippen molar-refractivity contribution in [2.75, 3.05) is 26.7 Å². The number of alkyl halides is 3. The molecule has 26 heavy (non-hydrogen) atoms. The van der Waals surface area contributed by atoms with Gasteiger partial charge in [0, 0.05) is 25.2 Å². The molecule has 1 unspecified atom stereocenters. The zero-order chi connectivity index (χ0) is 19.5. The average molecular weight is 372 g/mol. The predicted octanol–water partition coefficient (Wildman–Crippen LogP) is 3.72. The zero-order valence-corrected chi connectivity index (χ0v) is 15.7. The minimum absolute atomic E-state index is 0.132. The van der Waals surface area contributed by atoms with Crippen LogP contribution in [0.3, 0.4) is 0 Å². The molecule has 7 heteroatoms. The molecule has 3 atom stereocenters. The standard InChI is InChI=1S/C19H27F3N2O2/c1-5-16-12-23(4)13(3)11-24(16)17(18(25)26-6-2)14-7-9-15(10-8-14)19(20,21)22/h7-10,13,16-17H,5-6,11-12H2,1-4H3/t13-,16+,17?/m0/s1. The van der Waals surface area contributed by atoms with Crippen molar-refractivity contribution in [3.63, 3.8) is 0 Å². The van der Waals surface area contributed by atoms with Crippen molar-refractivity contribution in [3.05, 3.63) is 35.4 Å². The summed E-state index contributed by atoms with van der Waals surface area (Å²) in [5, 5.41) is 0. The van der Waals surface area contributed by atoms with E-state index >= 15 is 0 Å². The number of carbonyl (C=O) groups excluding carboxylic acids is 1. The van der Waals surface area contributed by atoms with Crippen LogP contribution in [-0.4, -0.2) is 54.6 Å². The lowest BCUT2D eigenvalue weighted by Gasteiger charge is -2.46. The largest absolute Gasteiger partial charge is 0.465 e. The van der Waals surface area contributed by atoms with E-state index in [0.717, 1.165) is 25.1 Å². The molecule has 1 aliphatic heterocycles. The molecule has 146 valence electrons.